The quantitative estimate of drug-likeness (QED) is 0.884. The largest absolute Gasteiger partial charge is 0.368 e. The minimum atomic E-state index is -0.122. The number of rotatable bonds is 6. The molecule has 4 heteroatoms. The van der Waals surface area contributed by atoms with Gasteiger partial charge in [-0.3, -0.25) is 0 Å². The first-order chi connectivity index (χ1) is 11.4. The van der Waals surface area contributed by atoms with Gasteiger partial charge in [-0.2, -0.15) is 0 Å². The van der Waals surface area contributed by atoms with Crippen LogP contribution in [-0.4, -0.2) is 33.3 Å². The fourth-order valence-electron chi connectivity index (χ4n) is 3.73. The van der Waals surface area contributed by atoms with Crippen molar-refractivity contribution in [2.45, 2.75) is 64.3 Å². The first-order valence-electron chi connectivity index (χ1n) is 8.83. The van der Waals surface area contributed by atoms with Gasteiger partial charge in [0.25, 0.3) is 0 Å². The molecule has 1 aromatic carbocycles. The lowest BCUT2D eigenvalue weighted by molar-refractivity contribution is -0.0697. The van der Waals surface area contributed by atoms with Crippen LogP contribution in [0.1, 0.15) is 45.5 Å². The van der Waals surface area contributed by atoms with Gasteiger partial charge in [-0.05, 0) is 39.7 Å². The molecule has 0 unspecified atom stereocenters. The first kappa shape index (κ1) is 17.2. The Morgan fingerprint density at radius 2 is 1.96 bits per heavy atom. The molecule has 1 aliphatic rings. The van der Waals surface area contributed by atoms with Crippen LogP contribution < -0.4 is 5.32 Å². The predicted molar refractivity (Wildman–Crippen MR) is 97.1 cm³/mol. The van der Waals surface area contributed by atoms with Gasteiger partial charge < -0.3 is 14.6 Å². The third-order valence-electron chi connectivity index (χ3n) is 4.81. The summed E-state index contributed by atoms with van der Waals surface area (Å²) in [6.07, 6.45) is 5.92. The summed E-state index contributed by atoms with van der Waals surface area (Å²) < 4.78 is 8.39. The summed E-state index contributed by atoms with van der Waals surface area (Å²) in [4.78, 5) is 4.53. The normalized spacial score (nSPS) is 21.9. The third kappa shape index (κ3) is 4.05. The van der Waals surface area contributed by atoms with Crippen LogP contribution in [0.5, 0.6) is 0 Å². The number of hydrogen-bond acceptors (Lipinski definition) is 3. The van der Waals surface area contributed by atoms with Gasteiger partial charge in [-0.25, -0.2) is 4.98 Å². The van der Waals surface area contributed by atoms with E-state index in [4.69, 9.17) is 4.74 Å². The Kier molecular flexibility index (Phi) is 4.79. The molecule has 4 nitrogen and oxygen atoms in total. The smallest absolute Gasteiger partial charge is 0.110 e. The van der Waals surface area contributed by atoms with Crippen molar-refractivity contribution in [3.05, 3.63) is 54.1 Å². The fraction of sp³-hybridized carbons (Fsp3) is 0.550. The number of benzene rings is 1. The summed E-state index contributed by atoms with van der Waals surface area (Å²) in [5.74, 6) is 1.13. The number of nitrogens with zero attached hydrogens (tertiary/aromatic N) is 2. The Morgan fingerprint density at radius 3 is 2.62 bits per heavy atom. The third-order valence-corrected chi connectivity index (χ3v) is 4.81. The van der Waals surface area contributed by atoms with Crippen LogP contribution in [0.15, 0.2) is 42.7 Å². The topological polar surface area (TPSA) is 39.1 Å². The van der Waals surface area contributed by atoms with Crippen LogP contribution in [0.3, 0.4) is 0 Å². The van der Waals surface area contributed by atoms with Gasteiger partial charge in [0.1, 0.15) is 5.82 Å². The minimum Gasteiger partial charge on any atom is -0.368 e. The van der Waals surface area contributed by atoms with E-state index >= 15 is 0 Å². The van der Waals surface area contributed by atoms with Gasteiger partial charge >= 0.3 is 0 Å². The molecule has 1 aliphatic heterocycles. The summed E-state index contributed by atoms with van der Waals surface area (Å²) in [6, 6.07) is 10.9. The van der Waals surface area contributed by atoms with Crippen LogP contribution in [0, 0.1) is 0 Å². The van der Waals surface area contributed by atoms with E-state index in [0.717, 1.165) is 31.8 Å². The summed E-state index contributed by atoms with van der Waals surface area (Å²) in [6.45, 7) is 10.5. The fourth-order valence-corrected chi connectivity index (χ4v) is 3.73. The second-order valence-corrected chi connectivity index (χ2v) is 7.88. The lowest BCUT2D eigenvalue weighted by atomic mass is 9.94. The monoisotopic (exact) mass is 327 g/mol. The summed E-state index contributed by atoms with van der Waals surface area (Å²) in [5, 5.41) is 3.68. The highest BCUT2D eigenvalue weighted by Crippen LogP contribution is 2.37. The Labute approximate surface area is 145 Å². The van der Waals surface area contributed by atoms with E-state index < -0.39 is 0 Å². The molecule has 3 rings (SSSR count). The SMILES string of the molecule is CC1(C)C[C@H](NCCc2nccn2Cc2ccccc2)C(C)(C)O1. The number of aromatic nitrogens is 2. The van der Waals surface area contributed by atoms with Crippen LogP contribution >= 0.6 is 0 Å². The molecule has 1 atom stereocenters. The van der Waals surface area contributed by atoms with E-state index in [0.29, 0.717) is 6.04 Å². The predicted octanol–water partition coefficient (Wildman–Crippen LogP) is 3.41. The van der Waals surface area contributed by atoms with Gasteiger partial charge in [0.2, 0.25) is 0 Å². The van der Waals surface area contributed by atoms with Gasteiger partial charge in [0.05, 0.1) is 11.2 Å². The van der Waals surface area contributed by atoms with E-state index in [-0.39, 0.29) is 11.2 Å². The van der Waals surface area contributed by atoms with Gasteiger partial charge in [-0.15, -0.1) is 0 Å². The second kappa shape index (κ2) is 6.69. The number of ether oxygens (including phenoxy) is 1. The molecule has 2 aromatic rings. The number of nitrogens with one attached hydrogen (secondary N) is 1. The van der Waals surface area contributed by atoms with Gasteiger partial charge in [0.15, 0.2) is 0 Å². The Bertz CT molecular complexity index is 661. The van der Waals surface area contributed by atoms with Crippen molar-refractivity contribution >= 4 is 0 Å². The number of imidazole rings is 1. The maximum atomic E-state index is 6.16. The zero-order valence-corrected chi connectivity index (χ0v) is 15.2. The highest BCUT2D eigenvalue weighted by Gasteiger charge is 2.45. The molecular weight excluding hydrogens is 298 g/mol. The summed E-state index contributed by atoms with van der Waals surface area (Å²) in [7, 11) is 0. The van der Waals surface area contributed by atoms with E-state index in [1.54, 1.807) is 0 Å². The molecule has 24 heavy (non-hydrogen) atoms. The van der Waals surface area contributed by atoms with Crippen LogP contribution in [0.2, 0.25) is 0 Å². The zero-order valence-electron chi connectivity index (χ0n) is 15.2. The minimum absolute atomic E-state index is 0.0487. The van der Waals surface area contributed by atoms with Crippen molar-refractivity contribution in [1.29, 1.82) is 0 Å². The van der Waals surface area contributed by atoms with Crippen molar-refractivity contribution in [3.63, 3.8) is 0 Å². The van der Waals surface area contributed by atoms with E-state index in [2.05, 4.69) is 79.1 Å². The van der Waals surface area contributed by atoms with Crippen molar-refractivity contribution in [1.82, 2.24) is 14.9 Å². The van der Waals surface area contributed by atoms with E-state index in [1.165, 1.54) is 5.56 Å². The molecule has 1 N–H and O–H groups in total. The maximum Gasteiger partial charge on any atom is 0.110 e. The molecule has 0 saturated carbocycles. The zero-order chi connectivity index (χ0) is 17.2. The number of hydrogen-bond donors (Lipinski definition) is 1. The standard InChI is InChI=1S/C20H29N3O/c1-19(2)14-17(20(3,4)24-19)21-11-10-18-22-12-13-23(18)15-16-8-6-5-7-9-16/h5-9,12-13,17,21H,10-11,14-15H2,1-4H3/t17-/m0/s1. The molecule has 1 fully saturated rings. The van der Waals surface area contributed by atoms with E-state index in [1.807, 2.05) is 6.20 Å². The van der Waals surface area contributed by atoms with Crippen molar-refractivity contribution in [2.24, 2.45) is 0 Å². The molecule has 0 amide bonds. The Balaban J connectivity index is 1.56. The average molecular weight is 327 g/mol. The first-order valence-corrected chi connectivity index (χ1v) is 8.83. The molecular formula is C20H29N3O. The second-order valence-electron chi connectivity index (χ2n) is 7.88. The average Bonchev–Trinajstić information content (AvgIpc) is 3.01. The molecule has 0 spiro atoms. The molecule has 1 saturated heterocycles. The molecule has 2 heterocycles. The van der Waals surface area contributed by atoms with Crippen molar-refractivity contribution in [2.75, 3.05) is 6.54 Å². The molecule has 0 bridgehead atoms. The van der Waals surface area contributed by atoms with Gasteiger partial charge in [0, 0.05) is 37.9 Å². The molecule has 130 valence electrons. The Hall–Kier alpha value is -1.65. The van der Waals surface area contributed by atoms with E-state index in [9.17, 15) is 0 Å². The van der Waals surface area contributed by atoms with Crippen molar-refractivity contribution < 1.29 is 4.74 Å². The lowest BCUT2D eigenvalue weighted by Crippen LogP contribution is -2.44. The highest BCUT2D eigenvalue weighted by molar-refractivity contribution is 5.16. The van der Waals surface area contributed by atoms with Gasteiger partial charge in [-0.1, -0.05) is 30.3 Å². The Morgan fingerprint density at radius 1 is 1.21 bits per heavy atom. The molecule has 0 radical (unpaired) electrons. The maximum absolute atomic E-state index is 6.16. The van der Waals surface area contributed by atoms with Crippen LogP contribution in [0.4, 0.5) is 0 Å². The van der Waals surface area contributed by atoms with Crippen LogP contribution in [0.25, 0.3) is 0 Å². The van der Waals surface area contributed by atoms with Crippen LogP contribution in [-0.2, 0) is 17.7 Å². The summed E-state index contributed by atoms with van der Waals surface area (Å²) >= 11 is 0. The highest BCUT2D eigenvalue weighted by atomic mass is 16.5. The molecule has 0 aliphatic carbocycles. The lowest BCUT2D eigenvalue weighted by Gasteiger charge is -2.27. The summed E-state index contributed by atoms with van der Waals surface area (Å²) in [5.41, 5.74) is 1.13. The molecule has 1 aromatic heterocycles. The van der Waals surface area contributed by atoms with Crippen molar-refractivity contribution in [3.8, 4) is 0 Å².